The molecule has 2 N–H and O–H groups in total. The molecule has 1 saturated heterocycles. The van der Waals surface area contributed by atoms with Gasteiger partial charge in [-0.2, -0.15) is 0 Å². The van der Waals surface area contributed by atoms with Crippen LogP contribution in [0.15, 0.2) is 24.8 Å². The number of aliphatic hydroxyl groups is 2. The monoisotopic (exact) mass is 327 g/mol. The van der Waals surface area contributed by atoms with Gasteiger partial charge in [0, 0.05) is 29.1 Å². The fourth-order valence-electron chi connectivity index (χ4n) is 6.18. The first-order valence-corrected chi connectivity index (χ1v) is 9.16. The predicted molar refractivity (Wildman–Crippen MR) is 91.1 cm³/mol. The first-order valence-electron chi connectivity index (χ1n) is 9.16. The highest BCUT2D eigenvalue weighted by Crippen LogP contribution is 2.62. The molecule has 2 bridgehead atoms. The van der Waals surface area contributed by atoms with E-state index in [9.17, 15) is 10.2 Å². The summed E-state index contributed by atoms with van der Waals surface area (Å²) in [7, 11) is 0. The minimum absolute atomic E-state index is 0.00179. The fourth-order valence-corrected chi connectivity index (χ4v) is 6.18. The van der Waals surface area contributed by atoms with E-state index < -0.39 is 6.10 Å². The van der Waals surface area contributed by atoms with Crippen molar-refractivity contribution in [2.45, 2.75) is 56.0 Å². The second kappa shape index (κ2) is 5.07. The molecule has 2 fully saturated rings. The van der Waals surface area contributed by atoms with Gasteiger partial charge in [0.05, 0.1) is 12.7 Å². The highest BCUT2D eigenvalue weighted by Gasteiger charge is 2.65. The zero-order valence-corrected chi connectivity index (χ0v) is 13.9. The maximum Gasteiger partial charge on any atom is 0.135 e. The Bertz CT molecular complexity index is 702. The minimum Gasteiger partial charge on any atom is -0.486 e. The van der Waals surface area contributed by atoms with Crippen LogP contribution in [0.25, 0.3) is 0 Å². The third-order valence-electron chi connectivity index (χ3n) is 7.04. The van der Waals surface area contributed by atoms with Crippen molar-refractivity contribution in [3.63, 3.8) is 0 Å². The van der Waals surface area contributed by atoms with E-state index in [0.29, 0.717) is 12.0 Å². The van der Waals surface area contributed by atoms with Gasteiger partial charge >= 0.3 is 0 Å². The van der Waals surface area contributed by atoms with Crippen molar-refractivity contribution in [2.24, 2.45) is 5.92 Å². The molecule has 0 amide bonds. The highest BCUT2D eigenvalue weighted by molar-refractivity contribution is 5.58. The Labute approximate surface area is 142 Å². The summed E-state index contributed by atoms with van der Waals surface area (Å²) in [5.74, 6) is 1.41. The number of piperidine rings is 1. The molecule has 5 atom stereocenters. The summed E-state index contributed by atoms with van der Waals surface area (Å²) in [5.41, 5.74) is 3.48. The number of aliphatic hydroxyl groups excluding tert-OH is 2. The molecule has 1 aromatic rings. The minimum atomic E-state index is -0.405. The second-order valence-corrected chi connectivity index (χ2v) is 7.88. The lowest BCUT2D eigenvalue weighted by molar-refractivity contribution is -0.102. The number of hydrogen-bond donors (Lipinski definition) is 2. The summed E-state index contributed by atoms with van der Waals surface area (Å²) in [6, 6.07) is 4.69. The molecule has 4 aliphatic rings. The van der Waals surface area contributed by atoms with E-state index in [1.807, 2.05) is 12.1 Å². The molecule has 1 aromatic carbocycles. The smallest absolute Gasteiger partial charge is 0.135 e. The maximum absolute atomic E-state index is 10.7. The van der Waals surface area contributed by atoms with Gasteiger partial charge in [0.1, 0.15) is 11.9 Å². The molecule has 2 heterocycles. The van der Waals surface area contributed by atoms with Gasteiger partial charge in [-0.25, -0.2) is 0 Å². The Kier molecular flexibility index (Phi) is 3.16. The Morgan fingerprint density at radius 3 is 3.04 bits per heavy atom. The summed E-state index contributed by atoms with van der Waals surface area (Å²) in [4.78, 5) is 2.57. The molecule has 5 rings (SSSR count). The van der Waals surface area contributed by atoms with Crippen LogP contribution in [0, 0.1) is 5.92 Å². The van der Waals surface area contributed by atoms with Crippen LogP contribution in [0.4, 0.5) is 0 Å². The first-order chi connectivity index (χ1) is 11.7. The van der Waals surface area contributed by atoms with Gasteiger partial charge in [-0.05, 0) is 43.7 Å². The first kappa shape index (κ1) is 14.9. The van der Waals surface area contributed by atoms with Crippen LogP contribution in [-0.2, 0) is 18.4 Å². The topological polar surface area (TPSA) is 52.9 Å². The van der Waals surface area contributed by atoms with Crippen LogP contribution in [0.5, 0.6) is 5.75 Å². The maximum atomic E-state index is 10.7. The molecular weight excluding hydrogens is 302 g/mol. The molecule has 1 spiro atoms. The normalized spacial score (nSPS) is 39.2. The Hall–Kier alpha value is -1.36. The number of likely N-dealkylation sites (tertiary alicyclic amines) is 1. The van der Waals surface area contributed by atoms with Crippen molar-refractivity contribution in [1.82, 2.24) is 4.90 Å². The third kappa shape index (κ3) is 1.64. The van der Waals surface area contributed by atoms with Crippen LogP contribution in [-0.4, -0.2) is 46.5 Å². The molecule has 128 valence electrons. The Morgan fingerprint density at radius 1 is 1.38 bits per heavy atom. The van der Waals surface area contributed by atoms with Crippen molar-refractivity contribution < 1.29 is 14.9 Å². The molecule has 4 nitrogen and oxygen atoms in total. The van der Waals surface area contributed by atoms with Gasteiger partial charge < -0.3 is 14.9 Å². The summed E-state index contributed by atoms with van der Waals surface area (Å²) in [6.07, 6.45) is 5.39. The van der Waals surface area contributed by atoms with E-state index in [2.05, 4.69) is 17.5 Å². The van der Waals surface area contributed by atoms with Crippen molar-refractivity contribution in [2.75, 3.05) is 13.1 Å². The Balaban J connectivity index is 1.72. The molecule has 0 aromatic heterocycles. The number of hydrogen-bond acceptors (Lipinski definition) is 4. The number of rotatable bonds is 3. The summed E-state index contributed by atoms with van der Waals surface area (Å²) in [6.45, 7) is 5.89. The average Bonchev–Trinajstić information content (AvgIpc) is 2.94. The van der Waals surface area contributed by atoms with Crippen LogP contribution >= 0.6 is 0 Å². The number of nitrogens with zero attached hydrogens (tertiary/aromatic N) is 1. The third-order valence-corrected chi connectivity index (χ3v) is 7.04. The van der Waals surface area contributed by atoms with E-state index >= 15 is 0 Å². The summed E-state index contributed by atoms with van der Waals surface area (Å²) >= 11 is 0. The van der Waals surface area contributed by atoms with Crippen molar-refractivity contribution >= 4 is 0 Å². The zero-order chi connectivity index (χ0) is 16.5. The molecule has 0 radical (unpaired) electrons. The molecule has 2 aliphatic carbocycles. The van der Waals surface area contributed by atoms with E-state index in [1.54, 1.807) is 0 Å². The average molecular weight is 327 g/mol. The second-order valence-electron chi connectivity index (χ2n) is 7.88. The van der Waals surface area contributed by atoms with E-state index in [-0.39, 0.29) is 18.1 Å². The number of benzene rings is 1. The van der Waals surface area contributed by atoms with Gasteiger partial charge in [-0.3, -0.25) is 4.90 Å². The van der Waals surface area contributed by atoms with E-state index in [4.69, 9.17) is 4.74 Å². The molecule has 1 saturated carbocycles. The lowest BCUT2D eigenvalue weighted by Gasteiger charge is -2.59. The van der Waals surface area contributed by atoms with E-state index in [0.717, 1.165) is 50.1 Å². The molecule has 2 aliphatic heterocycles. The summed E-state index contributed by atoms with van der Waals surface area (Å²) < 4.78 is 6.36. The van der Waals surface area contributed by atoms with Gasteiger partial charge in [-0.1, -0.05) is 18.2 Å². The summed E-state index contributed by atoms with van der Waals surface area (Å²) in [5, 5.41) is 20.5. The highest BCUT2D eigenvalue weighted by atomic mass is 16.5. The molecule has 4 heteroatoms. The van der Waals surface area contributed by atoms with Gasteiger partial charge in [0.25, 0.3) is 0 Å². The lowest BCUT2D eigenvalue weighted by atomic mass is 9.51. The van der Waals surface area contributed by atoms with Crippen LogP contribution in [0.3, 0.4) is 0 Å². The SMILES string of the molecule is C=CCN1CCC23c4c5ccc(CO)c4OC2C(O)CCC3C1C5. The van der Waals surface area contributed by atoms with Crippen molar-refractivity contribution in [3.05, 3.63) is 41.5 Å². The standard InChI is InChI=1S/C20H25NO3/c1-2-8-21-9-7-20-14-5-6-16(23)19(20)24-18-13(11-22)4-3-12(17(18)20)10-15(14)21/h2-4,14-16,19,22-23H,1,5-11H2. The van der Waals surface area contributed by atoms with Crippen LogP contribution in [0.2, 0.25) is 0 Å². The molecule has 24 heavy (non-hydrogen) atoms. The van der Waals surface area contributed by atoms with Gasteiger partial charge in [-0.15, -0.1) is 6.58 Å². The Morgan fingerprint density at radius 2 is 2.25 bits per heavy atom. The number of ether oxygens (including phenoxy) is 1. The van der Waals surface area contributed by atoms with E-state index in [1.165, 1.54) is 11.1 Å². The largest absolute Gasteiger partial charge is 0.486 e. The predicted octanol–water partition coefficient (Wildman–Crippen LogP) is 1.76. The van der Waals surface area contributed by atoms with Crippen molar-refractivity contribution in [1.29, 1.82) is 0 Å². The van der Waals surface area contributed by atoms with Crippen LogP contribution in [0.1, 0.15) is 36.0 Å². The lowest BCUT2D eigenvalue weighted by Crippen LogP contribution is -2.66. The molecular formula is C20H25NO3. The van der Waals surface area contributed by atoms with Gasteiger partial charge in [0.15, 0.2) is 0 Å². The molecule has 5 unspecified atom stereocenters. The zero-order valence-electron chi connectivity index (χ0n) is 13.9. The van der Waals surface area contributed by atoms with Crippen LogP contribution < -0.4 is 4.74 Å². The van der Waals surface area contributed by atoms with Crippen molar-refractivity contribution in [3.8, 4) is 5.75 Å². The van der Waals surface area contributed by atoms with Gasteiger partial charge in [0.2, 0.25) is 0 Å². The fraction of sp³-hybridized carbons (Fsp3) is 0.600. The quantitative estimate of drug-likeness (QED) is 0.831.